The van der Waals surface area contributed by atoms with Crippen LogP contribution in [0.3, 0.4) is 0 Å². The van der Waals surface area contributed by atoms with Gasteiger partial charge in [0.15, 0.2) is 5.16 Å². The first-order valence-corrected chi connectivity index (χ1v) is 12.8. The first-order valence-electron chi connectivity index (χ1n) is 11.0. The second-order valence-electron chi connectivity index (χ2n) is 7.73. The topological polar surface area (TPSA) is 73.2 Å². The van der Waals surface area contributed by atoms with Crippen molar-refractivity contribution in [3.63, 3.8) is 0 Å². The highest BCUT2D eigenvalue weighted by Crippen LogP contribution is 2.31. The van der Waals surface area contributed by atoms with Crippen LogP contribution in [0.5, 0.6) is 5.75 Å². The van der Waals surface area contributed by atoms with Crippen molar-refractivity contribution in [1.29, 1.82) is 0 Å². The molecule has 0 radical (unpaired) electrons. The molecule has 3 rings (SSSR count). The van der Waals surface area contributed by atoms with Gasteiger partial charge in [0.1, 0.15) is 10.6 Å². The van der Waals surface area contributed by atoms with Gasteiger partial charge in [0.05, 0.1) is 23.9 Å². The Labute approximate surface area is 197 Å². The lowest BCUT2D eigenvalue weighted by atomic mass is 10.1. The van der Waals surface area contributed by atoms with Crippen molar-refractivity contribution >= 4 is 39.2 Å². The maximum Gasteiger partial charge on any atom is 0.267 e. The van der Waals surface area contributed by atoms with E-state index in [-0.39, 0.29) is 23.3 Å². The van der Waals surface area contributed by atoms with Crippen molar-refractivity contribution < 1.29 is 9.53 Å². The maximum atomic E-state index is 13.7. The number of carbonyl (C=O) groups is 1. The number of aryl methyl sites for hydroxylation is 3. The second kappa shape index (κ2) is 10.5. The van der Waals surface area contributed by atoms with E-state index in [2.05, 4.69) is 26.1 Å². The third-order valence-corrected chi connectivity index (χ3v) is 7.66. The standard InChI is InChI=1S/C24H31N3O3S2/c1-7-16(8-2)25-20(28)13-31-24-26-22-21(18(9-3)15(5)32-22)23(29)27(24)19-11-10-17(30-6)12-14(19)4/h10-12,16H,7-9,13H2,1-6H3,(H,25,28). The van der Waals surface area contributed by atoms with Gasteiger partial charge in [-0.05, 0) is 62.4 Å². The number of carbonyl (C=O) groups excluding carboxylic acids is 1. The van der Waals surface area contributed by atoms with Gasteiger partial charge in [0.25, 0.3) is 5.56 Å². The Morgan fingerprint density at radius 2 is 1.97 bits per heavy atom. The molecule has 8 heteroatoms. The summed E-state index contributed by atoms with van der Waals surface area (Å²) in [4.78, 5) is 33.0. The molecule has 0 unspecified atom stereocenters. The van der Waals surface area contributed by atoms with Gasteiger partial charge in [0.2, 0.25) is 5.91 Å². The number of ether oxygens (including phenoxy) is 1. The number of hydrogen-bond donors (Lipinski definition) is 1. The third kappa shape index (κ3) is 4.86. The Balaban J connectivity index is 2.11. The van der Waals surface area contributed by atoms with Gasteiger partial charge in [-0.1, -0.05) is 32.5 Å². The monoisotopic (exact) mass is 473 g/mol. The zero-order chi connectivity index (χ0) is 23.4. The summed E-state index contributed by atoms with van der Waals surface area (Å²) in [6, 6.07) is 5.78. The quantitative estimate of drug-likeness (QED) is 0.348. The van der Waals surface area contributed by atoms with E-state index >= 15 is 0 Å². The molecule has 3 aromatic rings. The molecule has 1 aromatic carbocycles. The number of fused-ring (bicyclic) bond motifs is 1. The molecule has 0 atom stereocenters. The fourth-order valence-electron chi connectivity index (χ4n) is 3.83. The SMILES string of the molecule is CCc1c(C)sc2nc(SCC(=O)NC(CC)CC)n(-c3ccc(OC)cc3C)c(=O)c12. The van der Waals surface area contributed by atoms with Crippen LogP contribution in [0.2, 0.25) is 0 Å². The summed E-state index contributed by atoms with van der Waals surface area (Å²) < 4.78 is 6.98. The van der Waals surface area contributed by atoms with Crippen LogP contribution in [0.4, 0.5) is 0 Å². The number of hydrogen-bond acceptors (Lipinski definition) is 6. The van der Waals surface area contributed by atoms with Crippen LogP contribution >= 0.6 is 23.1 Å². The van der Waals surface area contributed by atoms with E-state index in [4.69, 9.17) is 9.72 Å². The summed E-state index contributed by atoms with van der Waals surface area (Å²) in [5.74, 6) is 0.884. The number of nitrogens with one attached hydrogen (secondary N) is 1. The molecule has 0 saturated carbocycles. The largest absolute Gasteiger partial charge is 0.497 e. The number of nitrogens with zero attached hydrogens (tertiary/aromatic N) is 2. The Bertz CT molecular complexity index is 1180. The van der Waals surface area contributed by atoms with Crippen molar-refractivity contribution in [1.82, 2.24) is 14.9 Å². The number of thioether (sulfide) groups is 1. The number of aromatic nitrogens is 2. The van der Waals surface area contributed by atoms with Crippen LogP contribution in [-0.2, 0) is 11.2 Å². The van der Waals surface area contributed by atoms with E-state index in [9.17, 15) is 9.59 Å². The van der Waals surface area contributed by atoms with E-state index < -0.39 is 0 Å². The van der Waals surface area contributed by atoms with E-state index in [0.717, 1.165) is 51.5 Å². The zero-order valence-corrected chi connectivity index (χ0v) is 21.2. The van der Waals surface area contributed by atoms with E-state index in [1.165, 1.54) is 23.1 Å². The molecule has 1 N–H and O–H groups in total. The molecule has 0 aliphatic carbocycles. The van der Waals surface area contributed by atoms with Crippen LogP contribution in [0.25, 0.3) is 15.9 Å². The number of benzene rings is 1. The second-order valence-corrected chi connectivity index (χ2v) is 9.87. The van der Waals surface area contributed by atoms with E-state index in [0.29, 0.717) is 10.5 Å². The third-order valence-electron chi connectivity index (χ3n) is 5.68. The molecule has 172 valence electrons. The predicted molar refractivity (Wildman–Crippen MR) is 134 cm³/mol. The van der Waals surface area contributed by atoms with Crippen LogP contribution < -0.4 is 15.6 Å². The minimum atomic E-state index is -0.0904. The summed E-state index contributed by atoms with van der Waals surface area (Å²) >= 11 is 2.84. The van der Waals surface area contributed by atoms with Gasteiger partial charge >= 0.3 is 0 Å². The normalized spacial score (nSPS) is 11.3. The van der Waals surface area contributed by atoms with E-state index in [1.807, 2.05) is 32.0 Å². The fourth-order valence-corrected chi connectivity index (χ4v) is 5.80. The summed E-state index contributed by atoms with van der Waals surface area (Å²) in [6.07, 6.45) is 2.55. The Kier molecular flexibility index (Phi) is 8.00. The van der Waals surface area contributed by atoms with Crippen LogP contribution in [0.15, 0.2) is 28.2 Å². The van der Waals surface area contributed by atoms with Gasteiger partial charge in [-0.3, -0.25) is 14.2 Å². The molecule has 32 heavy (non-hydrogen) atoms. The van der Waals surface area contributed by atoms with Crippen LogP contribution in [0.1, 0.15) is 49.6 Å². The maximum absolute atomic E-state index is 13.7. The van der Waals surface area contributed by atoms with E-state index in [1.54, 1.807) is 11.7 Å². The van der Waals surface area contributed by atoms with Crippen molar-refractivity contribution in [2.45, 2.75) is 65.1 Å². The summed E-state index contributed by atoms with van der Waals surface area (Å²) in [5, 5.41) is 4.26. The number of thiophene rings is 1. The molecule has 0 bridgehead atoms. The van der Waals surface area contributed by atoms with Crippen molar-refractivity contribution in [2.75, 3.05) is 12.9 Å². The van der Waals surface area contributed by atoms with Crippen LogP contribution in [0, 0.1) is 13.8 Å². The summed E-state index contributed by atoms with van der Waals surface area (Å²) in [7, 11) is 1.62. The molecule has 2 aromatic heterocycles. The highest BCUT2D eigenvalue weighted by atomic mass is 32.2. The van der Waals surface area contributed by atoms with Gasteiger partial charge in [-0.2, -0.15) is 0 Å². The molecule has 6 nitrogen and oxygen atoms in total. The van der Waals surface area contributed by atoms with Gasteiger partial charge in [-0.25, -0.2) is 4.98 Å². The lowest BCUT2D eigenvalue weighted by molar-refractivity contribution is -0.119. The van der Waals surface area contributed by atoms with Crippen LogP contribution in [-0.4, -0.2) is 34.4 Å². The Morgan fingerprint density at radius 3 is 2.56 bits per heavy atom. The average molecular weight is 474 g/mol. The smallest absolute Gasteiger partial charge is 0.267 e. The Hall–Kier alpha value is -2.32. The lowest BCUT2D eigenvalue weighted by Gasteiger charge is -2.17. The minimum Gasteiger partial charge on any atom is -0.497 e. The molecular formula is C24H31N3O3S2. The highest BCUT2D eigenvalue weighted by molar-refractivity contribution is 7.99. The summed E-state index contributed by atoms with van der Waals surface area (Å²) in [5.41, 5.74) is 2.61. The highest BCUT2D eigenvalue weighted by Gasteiger charge is 2.21. The number of amides is 1. The Morgan fingerprint density at radius 1 is 1.25 bits per heavy atom. The molecule has 0 aliphatic rings. The van der Waals surface area contributed by atoms with Crippen molar-refractivity contribution in [3.05, 3.63) is 44.6 Å². The molecule has 0 saturated heterocycles. The van der Waals surface area contributed by atoms with Crippen molar-refractivity contribution in [2.24, 2.45) is 0 Å². The average Bonchev–Trinajstić information content (AvgIpc) is 3.11. The number of rotatable bonds is 9. The van der Waals surface area contributed by atoms with Gasteiger partial charge in [-0.15, -0.1) is 11.3 Å². The molecular weight excluding hydrogens is 442 g/mol. The van der Waals surface area contributed by atoms with Gasteiger partial charge in [0, 0.05) is 10.9 Å². The predicted octanol–water partition coefficient (Wildman–Crippen LogP) is 5.03. The zero-order valence-electron chi connectivity index (χ0n) is 19.6. The fraction of sp³-hybridized carbons (Fsp3) is 0.458. The first kappa shape index (κ1) is 24.3. The molecule has 2 heterocycles. The van der Waals surface area contributed by atoms with Gasteiger partial charge < -0.3 is 10.1 Å². The first-order chi connectivity index (χ1) is 15.3. The minimum absolute atomic E-state index is 0.0485. The molecule has 0 aliphatic heterocycles. The molecule has 0 spiro atoms. The number of methoxy groups -OCH3 is 1. The molecule has 0 fully saturated rings. The lowest BCUT2D eigenvalue weighted by Crippen LogP contribution is -2.35. The summed E-state index contributed by atoms with van der Waals surface area (Å²) in [6.45, 7) is 10.2. The van der Waals surface area contributed by atoms with Crippen molar-refractivity contribution in [3.8, 4) is 11.4 Å². The molecule has 1 amide bonds.